The first kappa shape index (κ1) is 10.3. The van der Waals surface area contributed by atoms with Crippen molar-refractivity contribution >= 4 is 17.3 Å². The number of hydrogen-bond acceptors (Lipinski definition) is 2. The molecule has 0 aliphatic heterocycles. The summed E-state index contributed by atoms with van der Waals surface area (Å²) < 4.78 is 13.1. The van der Waals surface area contributed by atoms with Crippen LogP contribution in [0.15, 0.2) is 18.2 Å². The molecule has 13 heavy (non-hydrogen) atoms. The van der Waals surface area contributed by atoms with Gasteiger partial charge in [-0.05, 0) is 24.6 Å². The lowest BCUT2D eigenvalue weighted by Crippen LogP contribution is -2.04. The summed E-state index contributed by atoms with van der Waals surface area (Å²) in [6.45, 7) is 0.650. The van der Waals surface area contributed by atoms with Crippen LogP contribution in [0.1, 0.15) is 6.42 Å². The van der Waals surface area contributed by atoms with E-state index < -0.39 is 0 Å². The second-order valence-electron chi connectivity index (χ2n) is 2.63. The third-order valence-corrected chi connectivity index (χ3v) is 1.82. The average Bonchev–Trinajstić information content (AvgIpc) is 2.09. The van der Waals surface area contributed by atoms with E-state index in [1.165, 1.54) is 6.07 Å². The Kier molecular flexibility index (Phi) is 3.99. The van der Waals surface area contributed by atoms with Crippen LogP contribution in [-0.2, 0) is 0 Å². The second-order valence-corrected chi connectivity index (χ2v) is 3.06. The zero-order chi connectivity index (χ0) is 9.68. The highest BCUT2D eigenvalue weighted by Crippen LogP contribution is 2.18. The fraction of sp³-hybridized carbons (Fsp3) is 0.333. The second kappa shape index (κ2) is 5.04. The molecule has 0 aliphatic rings. The molecule has 0 heterocycles. The van der Waals surface area contributed by atoms with E-state index in [0.29, 0.717) is 23.7 Å². The SMILES string of the molecule is OCCCNc1ccc(Cl)cc1F. The summed E-state index contributed by atoms with van der Waals surface area (Å²) in [6, 6.07) is 4.45. The lowest BCUT2D eigenvalue weighted by Gasteiger charge is -2.06. The number of halogens is 2. The minimum absolute atomic E-state index is 0.0994. The predicted octanol–water partition coefficient (Wildman–Crippen LogP) is 2.27. The number of anilines is 1. The van der Waals surface area contributed by atoms with E-state index >= 15 is 0 Å². The molecule has 1 rings (SSSR count). The van der Waals surface area contributed by atoms with Gasteiger partial charge in [-0.25, -0.2) is 4.39 Å². The number of aliphatic hydroxyl groups is 1. The van der Waals surface area contributed by atoms with Gasteiger partial charge in [0, 0.05) is 18.2 Å². The molecule has 1 aromatic carbocycles. The van der Waals surface area contributed by atoms with Gasteiger partial charge in [0.1, 0.15) is 5.82 Å². The molecule has 0 spiro atoms. The molecule has 0 saturated carbocycles. The van der Waals surface area contributed by atoms with Crippen LogP contribution in [0.25, 0.3) is 0 Å². The van der Waals surface area contributed by atoms with E-state index in [-0.39, 0.29) is 12.4 Å². The maximum atomic E-state index is 13.1. The lowest BCUT2D eigenvalue weighted by atomic mass is 10.3. The monoisotopic (exact) mass is 203 g/mol. The molecule has 2 nitrogen and oxygen atoms in total. The Hall–Kier alpha value is -0.800. The van der Waals surface area contributed by atoms with Crippen molar-refractivity contribution < 1.29 is 9.50 Å². The van der Waals surface area contributed by atoms with Crippen molar-refractivity contribution in [2.75, 3.05) is 18.5 Å². The van der Waals surface area contributed by atoms with Gasteiger partial charge < -0.3 is 10.4 Å². The molecule has 72 valence electrons. The highest BCUT2D eigenvalue weighted by Gasteiger charge is 2.00. The number of benzene rings is 1. The molecular weight excluding hydrogens is 193 g/mol. The van der Waals surface area contributed by atoms with Crippen LogP contribution in [0.4, 0.5) is 10.1 Å². The standard InChI is InChI=1S/C9H11ClFNO/c10-7-2-3-9(8(11)6-7)12-4-1-5-13/h2-3,6,12-13H,1,4-5H2. The topological polar surface area (TPSA) is 32.3 Å². The lowest BCUT2D eigenvalue weighted by molar-refractivity contribution is 0.292. The van der Waals surface area contributed by atoms with E-state index in [4.69, 9.17) is 16.7 Å². The molecule has 4 heteroatoms. The van der Waals surface area contributed by atoms with Gasteiger partial charge in [-0.1, -0.05) is 11.6 Å². The molecule has 0 saturated heterocycles. The average molecular weight is 204 g/mol. The Balaban J connectivity index is 2.56. The molecule has 0 bridgehead atoms. The summed E-state index contributed by atoms with van der Waals surface area (Å²) in [5, 5.41) is 11.7. The quantitative estimate of drug-likeness (QED) is 0.736. The summed E-state index contributed by atoms with van der Waals surface area (Å²) in [7, 11) is 0. The zero-order valence-corrected chi connectivity index (χ0v) is 7.81. The van der Waals surface area contributed by atoms with Crippen LogP contribution in [0.2, 0.25) is 5.02 Å². The minimum Gasteiger partial charge on any atom is -0.396 e. The Bertz CT molecular complexity index is 280. The maximum absolute atomic E-state index is 13.1. The van der Waals surface area contributed by atoms with Gasteiger partial charge in [0.2, 0.25) is 0 Å². The molecule has 0 amide bonds. The van der Waals surface area contributed by atoms with Crippen LogP contribution in [0.3, 0.4) is 0 Å². The van der Waals surface area contributed by atoms with Gasteiger partial charge in [0.25, 0.3) is 0 Å². The van der Waals surface area contributed by atoms with Crippen LogP contribution >= 0.6 is 11.6 Å². The van der Waals surface area contributed by atoms with Gasteiger partial charge in [0.05, 0.1) is 5.69 Å². The molecule has 1 aromatic rings. The Labute approximate surface area is 81.3 Å². The Morgan fingerprint density at radius 3 is 2.85 bits per heavy atom. The first-order valence-corrected chi connectivity index (χ1v) is 4.41. The molecule has 0 atom stereocenters. The van der Waals surface area contributed by atoms with Crippen molar-refractivity contribution in [2.24, 2.45) is 0 Å². The summed E-state index contributed by atoms with van der Waals surface area (Å²) in [6.07, 6.45) is 0.599. The van der Waals surface area contributed by atoms with Gasteiger partial charge in [-0.3, -0.25) is 0 Å². The van der Waals surface area contributed by atoms with Crippen molar-refractivity contribution in [3.63, 3.8) is 0 Å². The third kappa shape index (κ3) is 3.20. The summed E-state index contributed by atoms with van der Waals surface area (Å²) in [5.74, 6) is -0.370. The number of rotatable bonds is 4. The third-order valence-electron chi connectivity index (χ3n) is 1.58. The fourth-order valence-electron chi connectivity index (χ4n) is 0.935. The van der Waals surface area contributed by atoms with Crippen molar-refractivity contribution in [2.45, 2.75) is 6.42 Å². The molecular formula is C9H11ClFNO. The molecule has 0 unspecified atom stereocenters. The van der Waals surface area contributed by atoms with E-state index in [1.54, 1.807) is 12.1 Å². The van der Waals surface area contributed by atoms with Gasteiger partial charge in [-0.2, -0.15) is 0 Å². The van der Waals surface area contributed by atoms with Crippen LogP contribution in [0, 0.1) is 5.82 Å². The number of hydrogen-bond donors (Lipinski definition) is 2. The highest BCUT2D eigenvalue weighted by atomic mass is 35.5. The van der Waals surface area contributed by atoms with Crippen molar-refractivity contribution in [1.82, 2.24) is 0 Å². The van der Waals surface area contributed by atoms with E-state index in [1.807, 2.05) is 0 Å². The van der Waals surface area contributed by atoms with E-state index in [2.05, 4.69) is 5.32 Å². The minimum atomic E-state index is -0.370. The van der Waals surface area contributed by atoms with Crippen LogP contribution < -0.4 is 5.32 Å². The van der Waals surface area contributed by atoms with Gasteiger partial charge in [0.15, 0.2) is 0 Å². The zero-order valence-electron chi connectivity index (χ0n) is 7.06. The van der Waals surface area contributed by atoms with Crippen molar-refractivity contribution in [3.05, 3.63) is 29.0 Å². The maximum Gasteiger partial charge on any atom is 0.147 e. The Morgan fingerprint density at radius 1 is 1.46 bits per heavy atom. The predicted molar refractivity (Wildman–Crippen MR) is 51.6 cm³/mol. The molecule has 0 aliphatic carbocycles. The number of aliphatic hydroxyl groups excluding tert-OH is 1. The summed E-state index contributed by atoms with van der Waals surface area (Å²) in [5.41, 5.74) is 0.415. The Morgan fingerprint density at radius 2 is 2.23 bits per heavy atom. The van der Waals surface area contributed by atoms with Crippen molar-refractivity contribution in [3.8, 4) is 0 Å². The van der Waals surface area contributed by atoms with Crippen LogP contribution in [-0.4, -0.2) is 18.3 Å². The fourth-order valence-corrected chi connectivity index (χ4v) is 1.09. The smallest absolute Gasteiger partial charge is 0.147 e. The van der Waals surface area contributed by atoms with Gasteiger partial charge in [-0.15, -0.1) is 0 Å². The molecule has 0 aromatic heterocycles. The number of nitrogens with one attached hydrogen (secondary N) is 1. The van der Waals surface area contributed by atoms with Crippen molar-refractivity contribution in [1.29, 1.82) is 0 Å². The molecule has 0 radical (unpaired) electrons. The van der Waals surface area contributed by atoms with Crippen LogP contribution in [0.5, 0.6) is 0 Å². The summed E-state index contributed by atoms with van der Waals surface area (Å²) in [4.78, 5) is 0. The van der Waals surface area contributed by atoms with E-state index in [0.717, 1.165) is 0 Å². The molecule has 0 fully saturated rings. The van der Waals surface area contributed by atoms with E-state index in [9.17, 15) is 4.39 Å². The van der Waals surface area contributed by atoms with Gasteiger partial charge >= 0.3 is 0 Å². The molecule has 2 N–H and O–H groups in total. The summed E-state index contributed by atoms with van der Waals surface area (Å²) >= 11 is 5.57. The normalized spacial score (nSPS) is 10.1. The first-order chi connectivity index (χ1) is 6.24. The largest absolute Gasteiger partial charge is 0.396 e. The highest BCUT2D eigenvalue weighted by molar-refractivity contribution is 6.30. The first-order valence-electron chi connectivity index (χ1n) is 4.04.